The number of nitrogens with one attached hydrogen (secondary N) is 2. The fraction of sp³-hybridized carbons (Fsp3) is 0.188. The topological polar surface area (TPSA) is 117 Å². The Hall–Kier alpha value is -3.96. The molecule has 0 aliphatic heterocycles. The summed E-state index contributed by atoms with van der Waals surface area (Å²) in [7, 11) is -7.37. The molecule has 0 unspecified atom stereocenters. The third-order valence-corrected chi connectivity index (χ3v) is 9.28. The molecule has 2 N–H and O–H groups in total. The Kier molecular flexibility index (Phi) is 10.5. The van der Waals surface area contributed by atoms with E-state index in [9.17, 15) is 16.8 Å². The lowest BCUT2D eigenvalue weighted by Gasteiger charge is -2.13. The molecule has 0 amide bonds. The Balaban J connectivity index is 1.56. The van der Waals surface area contributed by atoms with Crippen molar-refractivity contribution >= 4 is 31.5 Å². The second kappa shape index (κ2) is 14.3. The van der Waals surface area contributed by atoms with Crippen LogP contribution in [-0.2, 0) is 20.0 Å². The molecule has 0 bridgehead atoms. The number of rotatable bonds is 13. The molecule has 42 heavy (non-hydrogen) atoms. The highest BCUT2D eigenvalue weighted by Crippen LogP contribution is 2.13. The van der Waals surface area contributed by atoms with Gasteiger partial charge in [-0.1, -0.05) is 96.1 Å². The Labute approximate surface area is 248 Å². The van der Waals surface area contributed by atoms with Gasteiger partial charge in [-0.3, -0.25) is 9.98 Å². The van der Waals surface area contributed by atoms with Crippen LogP contribution < -0.4 is 9.44 Å². The molecule has 0 heterocycles. The maximum atomic E-state index is 12.7. The molecule has 4 aromatic rings. The van der Waals surface area contributed by atoms with Gasteiger partial charge in [-0.25, -0.2) is 26.3 Å². The summed E-state index contributed by atoms with van der Waals surface area (Å²) in [4.78, 5) is 9.96. The first-order chi connectivity index (χ1) is 20.2. The van der Waals surface area contributed by atoms with E-state index in [4.69, 9.17) is 9.98 Å². The summed E-state index contributed by atoms with van der Waals surface area (Å²) in [5.74, 6) is 0. The molecule has 0 saturated carbocycles. The van der Waals surface area contributed by atoms with E-state index in [2.05, 4.69) is 9.44 Å². The Morgan fingerprint density at radius 2 is 0.857 bits per heavy atom. The molecular weight excluding hydrogens is 569 g/mol. The quantitative estimate of drug-likeness (QED) is 0.173. The van der Waals surface area contributed by atoms with Crippen molar-refractivity contribution in [2.24, 2.45) is 9.98 Å². The third kappa shape index (κ3) is 8.53. The van der Waals surface area contributed by atoms with Crippen LogP contribution >= 0.6 is 0 Å². The molecule has 4 aromatic carbocycles. The first-order valence-corrected chi connectivity index (χ1v) is 16.5. The van der Waals surface area contributed by atoms with Crippen molar-refractivity contribution in [3.63, 3.8) is 0 Å². The lowest BCUT2D eigenvalue weighted by Crippen LogP contribution is -2.28. The molecule has 10 heteroatoms. The highest BCUT2D eigenvalue weighted by molar-refractivity contribution is 7.89. The van der Waals surface area contributed by atoms with Crippen molar-refractivity contribution in [2.45, 2.75) is 23.6 Å². The number of benzene rings is 4. The van der Waals surface area contributed by atoms with Gasteiger partial charge in [-0.2, -0.15) is 0 Å². The van der Waals surface area contributed by atoms with Crippen LogP contribution in [0.25, 0.3) is 0 Å². The minimum atomic E-state index is -3.68. The molecule has 0 radical (unpaired) electrons. The van der Waals surface area contributed by atoms with Crippen LogP contribution in [0.1, 0.15) is 22.3 Å². The van der Waals surface area contributed by atoms with Crippen LogP contribution in [0.5, 0.6) is 0 Å². The van der Waals surface area contributed by atoms with Gasteiger partial charge < -0.3 is 0 Å². The van der Waals surface area contributed by atoms with Crippen molar-refractivity contribution in [2.75, 3.05) is 26.2 Å². The predicted molar refractivity (Wildman–Crippen MR) is 168 cm³/mol. The Morgan fingerprint density at radius 3 is 1.19 bits per heavy atom. The number of hydrogen-bond acceptors (Lipinski definition) is 6. The fourth-order valence-corrected chi connectivity index (χ4v) is 6.14. The maximum absolute atomic E-state index is 12.7. The molecule has 8 nitrogen and oxygen atoms in total. The summed E-state index contributed by atoms with van der Waals surface area (Å²) in [6.45, 7) is 4.31. The van der Waals surface area contributed by atoms with Crippen LogP contribution in [0.15, 0.2) is 129 Å². The van der Waals surface area contributed by atoms with E-state index in [0.717, 1.165) is 22.3 Å². The van der Waals surface area contributed by atoms with Crippen molar-refractivity contribution in [3.8, 4) is 0 Å². The Morgan fingerprint density at radius 1 is 0.524 bits per heavy atom. The van der Waals surface area contributed by atoms with Gasteiger partial charge >= 0.3 is 0 Å². The van der Waals surface area contributed by atoms with Crippen molar-refractivity contribution in [1.29, 1.82) is 0 Å². The molecule has 0 aliphatic carbocycles. The van der Waals surface area contributed by atoms with Crippen molar-refractivity contribution in [3.05, 3.63) is 131 Å². The van der Waals surface area contributed by atoms with E-state index in [1.807, 2.05) is 74.5 Å². The van der Waals surface area contributed by atoms with E-state index >= 15 is 0 Å². The zero-order chi connectivity index (χ0) is 30.0. The normalized spacial score (nSPS) is 12.8. The molecule has 0 aromatic heterocycles. The first kappa shape index (κ1) is 31.0. The van der Waals surface area contributed by atoms with E-state index in [-0.39, 0.29) is 36.0 Å². The van der Waals surface area contributed by atoms with Gasteiger partial charge in [0.2, 0.25) is 20.0 Å². The van der Waals surface area contributed by atoms with Crippen LogP contribution in [0, 0.1) is 13.8 Å². The summed E-state index contributed by atoms with van der Waals surface area (Å²) < 4.78 is 56.2. The maximum Gasteiger partial charge on any atom is 0.240 e. The summed E-state index contributed by atoms with van der Waals surface area (Å²) in [5.41, 5.74) is 4.72. The van der Waals surface area contributed by atoms with Gasteiger partial charge in [0.1, 0.15) is 0 Å². The largest absolute Gasteiger partial charge is 0.281 e. The zero-order valence-electron chi connectivity index (χ0n) is 23.6. The molecule has 4 rings (SSSR count). The summed E-state index contributed by atoms with van der Waals surface area (Å²) in [6.07, 6.45) is 0. The number of nitrogens with zero attached hydrogens (tertiary/aromatic N) is 2. The lowest BCUT2D eigenvalue weighted by atomic mass is 9.99. The van der Waals surface area contributed by atoms with E-state index in [0.29, 0.717) is 11.4 Å². The highest BCUT2D eigenvalue weighted by atomic mass is 32.2. The van der Waals surface area contributed by atoms with Gasteiger partial charge in [0.25, 0.3) is 0 Å². The van der Waals surface area contributed by atoms with Crippen LogP contribution in [-0.4, -0.2) is 54.4 Å². The average Bonchev–Trinajstić information content (AvgIpc) is 2.99. The number of sulfonamides is 2. The Bertz CT molecular complexity index is 1600. The zero-order valence-corrected chi connectivity index (χ0v) is 25.2. The molecule has 0 aliphatic rings. The SMILES string of the molecule is Cc1ccc(S(=O)(=O)NCCN=C(C(=NCCNS(=O)(=O)c2ccc(C)cc2)c2ccccc2)c2ccccc2)cc1. The lowest BCUT2D eigenvalue weighted by molar-refractivity contribution is 0.580. The molecular formula is C32H34N4O4S2. The van der Waals surface area contributed by atoms with Gasteiger partial charge in [0, 0.05) is 24.2 Å². The third-order valence-electron chi connectivity index (χ3n) is 6.33. The average molecular weight is 603 g/mol. The smallest absolute Gasteiger partial charge is 0.240 e. The minimum absolute atomic E-state index is 0.0883. The molecule has 218 valence electrons. The summed E-state index contributed by atoms with van der Waals surface area (Å²) in [5, 5.41) is 0. The van der Waals surface area contributed by atoms with Gasteiger partial charge in [0.15, 0.2) is 0 Å². The molecule has 0 fully saturated rings. The van der Waals surface area contributed by atoms with Gasteiger partial charge in [-0.05, 0) is 38.1 Å². The first-order valence-electron chi connectivity index (χ1n) is 13.5. The predicted octanol–water partition coefficient (Wildman–Crippen LogP) is 4.54. The van der Waals surface area contributed by atoms with E-state index < -0.39 is 20.0 Å². The second-order valence-electron chi connectivity index (χ2n) is 9.61. The number of aryl methyl sites for hydroxylation is 2. The van der Waals surface area contributed by atoms with Crippen molar-refractivity contribution < 1.29 is 16.8 Å². The summed E-state index contributed by atoms with van der Waals surface area (Å²) in [6, 6.07) is 32.3. The second-order valence-corrected chi connectivity index (χ2v) is 13.1. The van der Waals surface area contributed by atoms with Crippen LogP contribution in [0.2, 0.25) is 0 Å². The van der Waals surface area contributed by atoms with Gasteiger partial charge in [-0.15, -0.1) is 0 Å². The molecule has 0 saturated heterocycles. The van der Waals surface area contributed by atoms with E-state index in [1.54, 1.807) is 48.5 Å². The number of hydrogen-bond donors (Lipinski definition) is 2. The highest BCUT2D eigenvalue weighted by Gasteiger charge is 2.17. The standard InChI is InChI=1S/C32H34N4O4S2/c1-25-13-17-29(18-14-25)41(37,38)35-23-21-33-31(27-9-5-3-6-10-27)32(28-11-7-4-8-12-28)34-22-24-36-42(39,40)30-19-15-26(2)16-20-30/h3-20,35-36H,21-24H2,1-2H3. The van der Waals surface area contributed by atoms with Crippen molar-refractivity contribution in [1.82, 2.24) is 9.44 Å². The number of aliphatic imine (C=N–C) groups is 2. The van der Waals surface area contributed by atoms with Crippen LogP contribution in [0.3, 0.4) is 0 Å². The molecule has 0 spiro atoms. The summed E-state index contributed by atoms with van der Waals surface area (Å²) >= 11 is 0. The van der Waals surface area contributed by atoms with Gasteiger partial charge in [0.05, 0.1) is 34.3 Å². The van der Waals surface area contributed by atoms with E-state index in [1.165, 1.54) is 0 Å². The minimum Gasteiger partial charge on any atom is -0.281 e. The molecule has 0 atom stereocenters. The van der Waals surface area contributed by atoms with Crippen LogP contribution in [0.4, 0.5) is 0 Å². The fourth-order valence-electron chi connectivity index (χ4n) is 4.09. The monoisotopic (exact) mass is 602 g/mol.